The predicted octanol–water partition coefficient (Wildman–Crippen LogP) is 4.46. The number of nitrogens with zero attached hydrogens (tertiary/aromatic N) is 6. The van der Waals surface area contributed by atoms with Gasteiger partial charge in [0, 0.05) is 37.3 Å². The minimum Gasteiger partial charge on any atom is -0.466 e. The van der Waals surface area contributed by atoms with Crippen molar-refractivity contribution in [1.29, 1.82) is 0 Å². The highest BCUT2D eigenvalue weighted by atomic mass is 32.2. The van der Waals surface area contributed by atoms with Gasteiger partial charge in [-0.25, -0.2) is 27.9 Å². The number of sulfone groups is 1. The monoisotopic (exact) mass is 526 g/mol. The van der Waals surface area contributed by atoms with E-state index in [1.807, 2.05) is 18.6 Å². The lowest BCUT2D eigenvalue weighted by Crippen LogP contribution is -2.39. The Morgan fingerprint density at radius 3 is 2.31 bits per heavy atom. The molecule has 1 saturated heterocycles. The first-order valence-corrected chi connectivity index (χ1v) is 14.8. The molecular formula is C25H30N6O3S2. The van der Waals surface area contributed by atoms with Crippen LogP contribution in [-0.4, -0.2) is 58.4 Å². The number of imidazole rings is 1. The smallest absolute Gasteiger partial charge is 0.294 e. The maximum atomic E-state index is 11.7. The number of fused-ring (bicyclic) bond motifs is 1. The Hall–Kier alpha value is -3.05. The predicted molar refractivity (Wildman–Crippen MR) is 141 cm³/mol. The van der Waals surface area contributed by atoms with Gasteiger partial charge < -0.3 is 9.64 Å². The topological polar surface area (TPSA) is 103 Å². The minimum atomic E-state index is -3.23. The first-order valence-electron chi connectivity index (χ1n) is 12.1. The van der Waals surface area contributed by atoms with Crippen LogP contribution < -0.4 is 9.64 Å². The van der Waals surface area contributed by atoms with Crippen LogP contribution in [0.4, 0.5) is 5.95 Å². The van der Waals surface area contributed by atoms with Crippen LogP contribution in [0.5, 0.6) is 5.19 Å². The summed E-state index contributed by atoms with van der Waals surface area (Å²) in [5, 5.41) is 5.16. The Morgan fingerprint density at radius 1 is 1.06 bits per heavy atom. The molecule has 4 heterocycles. The van der Waals surface area contributed by atoms with Crippen LogP contribution in [0.3, 0.4) is 0 Å². The molecule has 0 spiro atoms. The van der Waals surface area contributed by atoms with Gasteiger partial charge in [0.1, 0.15) is 6.10 Å². The summed E-state index contributed by atoms with van der Waals surface area (Å²) in [7, 11) is -3.23. The second-order valence-electron chi connectivity index (χ2n) is 9.64. The third-order valence-corrected chi connectivity index (χ3v) is 8.64. The van der Waals surface area contributed by atoms with E-state index in [0.717, 1.165) is 53.7 Å². The van der Waals surface area contributed by atoms with Gasteiger partial charge in [-0.05, 0) is 60.6 Å². The van der Waals surface area contributed by atoms with Gasteiger partial charge in [-0.3, -0.25) is 0 Å². The summed E-state index contributed by atoms with van der Waals surface area (Å²) >= 11 is 1.41. The molecule has 1 unspecified atom stereocenters. The molecule has 1 fully saturated rings. The number of benzene rings is 1. The molecule has 1 aromatic carbocycles. The van der Waals surface area contributed by atoms with Crippen molar-refractivity contribution in [1.82, 2.24) is 24.6 Å². The number of anilines is 1. The van der Waals surface area contributed by atoms with Gasteiger partial charge in [-0.15, -0.1) is 5.10 Å². The van der Waals surface area contributed by atoms with Gasteiger partial charge in [-0.2, -0.15) is 0 Å². The lowest BCUT2D eigenvalue weighted by atomic mass is 9.92. The van der Waals surface area contributed by atoms with Crippen LogP contribution in [0.15, 0.2) is 47.8 Å². The number of hydrogen-bond acceptors (Lipinski definition) is 9. The standard InChI is InChI=1S/C25H30N6O3S2/c1-16(2)20-13-26-23(27-14-20)30-11-9-18(10-12-30)17(3)34-25-29-31-15-22(28-24(31)35-25)19-5-7-21(8-6-19)36(4,32)33/h5-8,13-18H,9-12H2,1-4H3. The van der Waals surface area contributed by atoms with Gasteiger partial charge in [0.05, 0.1) is 16.8 Å². The molecule has 11 heteroatoms. The van der Waals surface area contributed by atoms with Crippen LogP contribution in [0.25, 0.3) is 16.2 Å². The third kappa shape index (κ3) is 5.22. The molecule has 4 aromatic rings. The van der Waals surface area contributed by atoms with E-state index in [9.17, 15) is 8.42 Å². The number of aromatic nitrogens is 5. The Kier molecular flexibility index (Phi) is 6.69. The van der Waals surface area contributed by atoms with E-state index in [1.54, 1.807) is 28.8 Å². The second kappa shape index (κ2) is 9.78. The normalized spacial score (nSPS) is 16.1. The van der Waals surface area contributed by atoms with E-state index in [4.69, 9.17) is 4.74 Å². The van der Waals surface area contributed by atoms with Crippen LogP contribution in [0, 0.1) is 5.92 Å². The SMILES string of the molecule is CC(C)c1cnc(N2CCC(C(C)Oc3nn4cc(-c5ccc(S(C)(=O)=O)cc5)nc4s3)CC2)nc1. The maximum Gasteiger partial charge on any atom is 0.294 e. The first kappa shape index (κ1) is 24.6. The van der Waals surface area contributed by atoms with E-state index in [-0.39, 0.29) is 11.0 Å². The molecule has 190 valence electrons. The highest BCUT2D eigenvalue weighted by Gasteiger charge is 2.27. The van der Waals surface area contributed by atoms with Gasteiger partial charge in [0.15, 0.2) is 9.84 Å². The average Bonchev–Trinajstić information content (AvgIpc) is 3.42. The Balaban J connectivity index is 1.19. The van der Waals surface area contributed by atoms with Crippen molar-refractivity contribution < 1.29 is 13.2 Å². The fourth-order valence-electron chi connectivity index (χ4n) is 4.36. The van der Waals surface area contributed by atoms with Crippen molar-refractivity contribution in [2.45, 2.75) is 50.5 Å². The molecule has 0 N–H and O–H groups in total. The Morgan fingerprint density at radius 2 is 1.72 bits per heavy atom. The summed E-state index contributed by atoms with van der Waals surface area (Å²) in [6.45, 7) is 8.20. The number of hydrogen-bond donors (Lipinski definition) is 0. The van der Waals surface area contributed by atoms with Crippen molar-refractivity contribution in [2.75, 3.05) is 24.2 Å². The Labute approximate surface area is 215 Å². The summed E-state index contributed by atoms with van der Waals surface area (Å²) in [5.41, 5.74) is 2.73. The minimum absolute atomic E-state index is 0.0373. The molecule has 9 nitrogen and oxygen atoms in total. The van der Waals surface area contributed by atoms with Crippen molar-refractivity contribution >= 4 is 32.1 Å². The van der Waals surface area contributed by atoms with Gasteiger partial charge in [0.25, 0.3) is 5.19 Å². The van der Waals surface area contributed by atoms with Crippen LogP contribution in [0.1, 0.15) is 45.1 Å². The summed E-state index contributed by atoms with van der Waals surface area (Å²) in [4.78, 5) is 17.0. The summed E-state index contributed by atoms with van der Waals surface area (Å²) < 4.78 is 31.3. The molecule has 3 aromatic heterocycles. The molecule has 1 aliphatic heterocycles. The molecule has 0 aliphatic carbocycles. The van der Waals surface area contributed by atoms with E-state index in [1.165, 1.54) is 17.6 Å². The number of piperidine rings is 1. The Bertz CT molecular complexity index is 1410. The molecule has 0 saturated carbocycles. The van der Waals surface area contributed by atoms with E-state index >= 15 is 0 Å². The molecule has 1 aliphatic rings. The van der Waals surface area contributed by atoms with Crippen molar-refractivity contribution in [3.8, 4) is 16.5 Å². The van der Waals surface area contributed by atoms with E-state index < -0.39 is 9.84 Å². The zero-order chi connectivity index (χ0) is 25.4. The number of ether oxygens (including phenoxy) is 1. The van der Waals surface area contributed by atoms with Crippen molar-refractivity contribution in [3.63, 3.8) is 0 Å². The van der Waals surface area contributed by atoms with Crippen molar-refractivity contribution in [2.24, 2.45) is 5.92 Å². The fourth-order valence-corrected chi connectivity index (χ4v) is 5.80. The molecule has 1 atom stereocenters. The molecule has 0 bridgehead atoms. The van der Waals surface area contributed by atoms with Gasteiger partial charge in [0.2, 0.25) is 10.9 Å². The maximum absolute atomic E-state index is 11.7. The van der Waals surface area contributed by atoms with E-state index in [0.29, 0.717) is 17.0 Å². The van der Waals surface area contributed by atoms with Crippen molar-refractivity contribution in [3.05, 3.63) is 48.4 Å². The molecule has 0 radical (unpaired) electrons. The quantitative estimate of drug-likeness (QED) is 0.348. The molecule has 36 heavy (non-hydrogen) atoms. The molecule has 5 rings (SSSR count). The highest BCUT2D eigenvalue weighted by Crippen LogP contribution is 2.30. The lowest BCUT2D eigenvalue weighted by molar-refractivity contribution is 0.131. The fraction of sp³-hybridized carbons (Fsp3) is 0.440. The average molecular weight is 527 g/mol. The highest BCUT2D eigenvalue weighted by molar-refractivity contribution is 7.90. The number of rotatable bonds is 7. The van der Waals surface area contributed by atoms with E-state index in [2.05, 4.69) is 45.7 Å². The van der Waals surface area contributed by atoms with Crippen LogP contribution >= 0.6 is 11.3 Å². The molecule has 0 amide bonds. The van der Waals surface area contributed by atoms with Crippen LogP contribution in [0.2, 0.25) is 0 Å². The summed E-state index contributed by atoms with van der Waals surface area (Å²) in [6.07, 6.45) is 8.94. The van der Waals surface area contributed by atoms with Gasteiger partial charge in [-0.1, -0.05) is 26.0 Å². The zero-order valence-corrected chi connectivity index (χ0v) is 22.5. The third-order valence-electron chi connectivity index (χ3n) is 6.70. The molecular weight excluding hydrogens is 496 g/mol. The van der Waals surface area contributed by atoms with Crippen LogP contribution in [-0.2, 0) is 9.84 Å². The zero-order valence-electron chi connectivity index (χ0n) is 20.8. The lowest BCUT2D eigenvalue weighted by Gasteiger charge is -2.34. The first-order chi connectivity index (χ1) is 17.2. The van der Waals surface area contributed by atoms with Gasteiger partial charge >= 0.3 is 0 Å². The summed E-state index contributed by atoms with van der Waals surface area (Å²) in [6, 6.07) is 6.72. The second-order valence-corrected chi connectivity index (χ2v) is 12.6. The summed E-state index contributed by atoms with van der Waals surface area (Å²) in [5.74, 6) is 1.65. The largest absolute Gasteiger partial charge is 0.466 e.